The molecule has 2 rings (SSSR count). The minimum absolute atomic E-state index is 0.0313. The van der Waals surface area contributed by atoms with Gasteiger partial charge in [-0.3, -0.25) is 9.59 Å². The minimum Gasteiger partial charge on any atom is -0.481 e. The molecule has 0 radical (unpaired) electrons. The van der Waals surface area contributed by atoms with E-state index in [1.165, 1.54) is 4.90 Å². The van der Waals surface area contributed by atoms with Gasteiger partial charge in [-0.15, -0.1) is 0 Å². The highest BCUT2D eigenvalue weighted by atomic mass is 16.6. The number of amides is 1. The number of carbonyl (C=O) groups excluding carboxylic acids is 2. The van der Waals surface area contributed by atoms with Crippen LogP contribution in [0.2, 0.25) is 0 Å². The second kappa shape index (κ2) is 4.21. The van der Waals surface area contributed by atoms with Crippen molar-refractivity contribution in [2.24, 2.45) is 11.3 Å². The first kappa shape index (κ1) is 13.8. The van der Waals surface area contributed by atoms with Gasteiger partial charge in [0.1, 0.15) is 11.4 Å². The molecule has 2 aliphatic rings. The highest BCUT2D eigenvalue weighted by molar-refractivity contribution is 5.90. The summed E-state index contributed by atoms with van der Waals surface area (Å²) < 4.78 is 5.22. The molecule has 1 spiro atoms. The Morgan fingerprint density at radius 3 is 2.42 bits per heavy atom. The molecular formula is C13H19NO5. The molecular weight excluding hydrogens is 250 g/mol. The number of carboxylic acids is 1. The zero-order chi connectivity index (χ0) is 14.4. The Hall–Kier alpha value is -1.59. The third-order valence-corrected chi connectivity index (χ3v) is 3.68. The first-order valence-corrected chi connectivity index (χ1v) is 6.35. The molecule has 2 fully saturated rings. The van der Waals surface area contributed by atoms with E-state index in [0.717, 1.165) is 0 Å². The number of nitrogens with zero attached hydrogens (tertiary/aromatic N) is 1. The van der Waals surface area contributed by atoms with E-state index >= 15 is 0 Å². The van der Waals surface area contributed by atoms with Crippen LogP contribution >= 0.6 is 0 Å². The van der Waals surface area contributed by atoms with Crippen molar-refractivity contribution in [3.63, 3.8) is 0 Å². The van der Waals surface area contributed by atoms with E-state index < -0.39 is 29.0 Å². The molecule has 1 N–H and O–H groups in total. The molecule has 0 bridgehead atoms. The summed E-state index contributed by atoms with van der Waals surface area (Å²) in [5.74, 6) is -1.65. The lowest BCUT2D eigenvalue weighted by Crippen LogP contribution is -2.61. The second-order valence-corrected chi connectivity index (χ2v) is 6.51. The molecule has 106 valence electrons. The highest BCUT2D eigenvalue weighted by Crippen LogP contribution is 2.48. The molecule has 1 amide bonds. The van der Waals surface area contributed by atoms with Crippen LogP contribution in [0, 0.1) is 11.3 Å². The number of hydrogen-bond donors (Lipinski definition) is 1. The number of hydrogen-bond acceptors (Lipinski definition) is 4. The fraction of sp³-hybridized carbons (Fsp3) is 0.769. The van der Waals surface area contributed by atoms with E-state index in [0.29, 0.717) is 13.1 Å². The predicted molar refractivity (Wildman–Crippen MR) is 65.6 cm³/mol. The molecule has 1 atom stereocenters. The number of carbonyl (C=O) groups is 3. The topological polar surface area (TPSA) is 83.9 Å². The summed E-state index contributed by atoms with van der Waals surface area (Å²) >= 11 is 0. The van der Waals surface area contributed by atoms with E-state index in [9.17, 15) is 14.4 Å². The van der Waals surface area contributed by atoms with Crippen molar-refractivity contribution in [1.29, 1.82) is 0 Å². The predicted octanol–water partition coefficient (Wildman–Crippen LogP) is 1.29. The summed E-state index contributed by atoms with van der Waals surface area (Å²) in [6.07, 6.45) is -0.109. The summed E-state index contributed by atoms with van der Waals surface area (Å²) in [5.41, 5.74) is -1.14. The quantitative estimate of drug-likeness (QED) is 0.775. The molecule has 1 heterocycles. The van der Waals surface area contributed by atoms with Gasteiger partial charge in [-0.1, -0.05) is 0 Å². The average Bonchev–Trinajstić information content (AvgIpc) is 2.50. The third kappa shape index (κ3) is 2.57. The smallest absolute Gasteiger partial charge is 0.410 e. The van der Waals surface area contributed by atoms with Crippen LogP contribution in [0.1, 0.15) is 33.6 Å². The Kier molecular flexibility index (Phi) is 3.07. The number of likely N-dealkylation sites (tertiary alicyclic amines) is 1. The van der Waals surface area contributed by atoms with Crippen LogP contribution in [-0.4, -0.2) is 46.5 Å². The summed E-state index contributed by atoms with van der Waals surface area (Å²) in [6.45, 7) is 5.92. The maximum absolute atomic E-state index is 11.8. The van der Waals surface area contributed by atoms with Gasteiger partial charge in [-0.25, -0.2) is 4.79 Å². The summed E-state index contributed by atoms with van der Waals surface area (Å²) in [6, 6.07) is 0. The number of aliphatic carboxylic acids is 1. The van der Waals surface area contributed by atoms with Crippen molar-refractivity contribution in [3.8, 4) is 0 Å². The molecule has 1 saturated heterocycles. The minimum atomic E-state index is -0.949. The molecule has 1 saturated carbocycles. The molecule has 19 heavy (non-hydrogen) atoms. The Balaban J connectivity index is 1.99. The lowest BCUT2D eigenvalue weighted by atomic mass is 9.71. The van der Waals surface area contributed by atoms with Crippen molar-refractivity contribution in [2.45, 2.75) is 39.2 Å². The average molecular weight is 269 g/mol. The van der Waals surface area contributed by atoms with Gasteiger partial charge in [0, 0.05) is 31.3 Å². The zero-order valence-corrected chi connectivity index (χ0v) is 11.4. The van der Waals surface area contributed by atoms with Crippen molar-refractivity contribution >= 4 is 17.8 Å². The summed E-state index contributed by atoms with van der Waals surface area (Å²) in [4.78, 5) is 35.9. The van der Waals surface area contributed by atoms with Crippen LogP contribution in [0.25, 0.3) is 0 Å². The van der Waals surface area contributed by atoms with E-state index in [4.69, 9.17) is 9.84 Å². The van der Waals surface area contributed by atoms with Crippen LogP contribution in [0.3, 0.4) is 0 Å². The molecule has 0 aromatic heterocycles. The SMILES string of the molecule is CC(C)(C)OC(=O)N1CC2(CC(=O)C[C@@H]2C(=O)O)C1. The number of ether oxygens (including phenoxy) is 1. The monoisotopic (exact) mass is 269 g/mol. The molecule has 1 aliphatic heterocycles. The van der Waals surface area contributed by atoms with Gasteiger partial charge < -0.3 is 14.7 Å². The normalized spacial score (nSPS) is 25.3. The molecule has 6 nitrogen and oxygen atoms in total. The number of ketones is 1. The summed E-state index contributed by atoms with van der Waals surface area (Å²) in [5, 5.41) is 9.16. The van der Waals surface area contributed by atoms with Crippen molar-refractivity contribution in [2.75, 3.05) is 13.1 Å². The lowest BCUT2D eigenvalue weighted by molar-refractivity contribution is -0.151. The molecule has 1 aliphatic carbocycles. The van der Waals surface area contributed by atoms with Gasteiger partial charge in [0.15, 0.2) is 0 Å². The fourth-order valence-corrected chi connectivity index (χ4v) is 2.88. The van der Waals surface area contributed by atoms with Crippen LogP contribution in [0.5, 0.6) is 0 Å². The van der Waals surface area contributed by atoms with Crippen LogP contribution in [0.15, 0.2) is 0 Å². The van der Waals surface area contributed by atoms with Gasteiger partial charge in [0.25, 0.3) is 0 Å². The number of Topliss-reactive ketones (excluding diaryl/α,β-unsaturated/α-hetero) is 1. The Morgan fingerprint density at radius 2 is 1.95 bits per heavy atom. The van der Waals surface area contributed by atoms with Crippen molar-refractivity contribution < 1.29 is 24.2 Å². The van der Waals surface area contributed by atoms with Gasteiger partial charge >= 0.3 is 12.1 Å². The lowest BCUT2D eigenvalue weighted by Gasteiger charge is -2.49. The standard InChI is InChI=1S/C13H19NO5/c1-12(2,3)19-11(18)14-6-13(7-14)5-8(15)4-9(13)10(16)17/h9H,4-7H2,1-3H3,(H,16,17)/t9-/m1/s1. The van der Waals surface area contributed by atoms with E-state index in [1.54, 1.807) is 20.8 Å². The Bertz CT molecular complexity index is 431. The maximum atomic E-state index is 11.8. The fourth-order valence-electron chi connectivity index (χ4n) is 2.88. The van der Waals surface area contributed by atoms with Crippen molar-refractivity contribution in [1.82, 2.24) is 4.90 Å². The van der Waals surface area contributed by atoms with Crippen LogP contribution in [0.4, 0.5) is 4.79 Å². The Labute approximate surface area is 111 Å². The van der Waals surface area contributed by atoms with Crippen LogP contribution in [-0.2, 0) is 14.3 Å². The largest absolute Gasteiger partial charge is 0.481 e. The highest BCUT2D eigenvalue weighted by Gasteiger charge is 2.58. The molecule has 0 aromatic rings. The molecule has 0 aromatic carbocycles. The van der Waals surface area contributed by atoms with E-state index in [1.807, 2.05) is 0 Å². The first-order chi connectivity index (χ1) is 8.63. The van der Waals surface area contributed by atoms with Gasteiger partial charge in [-0.2, -0.15) is 0 Å². The second-order valence-electron chi connectivity index (χ2n) is 6.51. The maximum Gasteiger partial charge on any atom is 0.410 e. The molecule has 0 unspecified atom stereocenters. The third-order valence-electron chi connectivity index (χ3n) is 3.68. The van der Waals surface area contributed by atoms with E-state index in [-0.39, 0.29) is 18.6 Å². The van der Waals surface area contributed by atoms with Crippen molar-refractivity contribution in [3.05, 3.63) is 0 Å². The van der Waals surface area contributed by atoms with Crippen LogP contribution < -0.4 is 0 Å². The van der Waals surface area contributed by atoms with Gasteiger partial charge in [-0.05, 0) is 20.8 Å². The van der Waals surface area contributed by atoms with Gasteiger partial charge in [0.2, 0.25) is 0 Å². The number of carboxylic acid groups (broad SMARTS) is 1. The summed E-state index contributed by atoms with van der Waals surface area (Å²) in [7, 11) is 0. The zero-order valence-electron chi connectivity index (χ0n) is 11.4. The van der Waals surface area contributed by atoms with E-state index in [2.05, 4.69) is 0 Å². The Morgan fingerprint density at radius 1 is 1.37 bits per heavy atom. The molecule has 6 heteroatoms. The van der Waals surface area contributed by atoms with Gasteiger partial charge in [0.05, 0.1) is 5.92 Å². The first-order valence-electron chi connectivity index (χ1n) is 6.35. The number of rotatable bonds is 1.